The normalized spacial score (nSPS) is 22.8. The molecule has 2 rings (SSSR count). The Morgan fingerprint density at radius 3 is 2.74 bits per heavy atom. The summed E-state index contributed by atoms with van der Waals surface area (Å²) in [7, 11) is 0. The van der Waals surface area contributed by atoms with Gasteiger partial charge in [0.25, 0.3) is 0 Å². The van der Waals surface area contributed by atoms with Gasteiger partial charge in [0, 0.05) is 18.6 Å². The van der Waals surface area contributed by atoms with Crippen LogP contribution >= 0.6 is 0 Å². The van der Waals surface area contributed by atoms with E-state index in [1.54, 1.807) is 0 Å². The molecule has 0 unspecified atom stereocenters. The van der Waals surface area contributed by atoms with Crippen LogP contribution in [0.3, 0.4) is 0 Å². The van der Waals surface area contributed by atoms with Crippen LogP contribution < -0.4 is 5.32 Å². The zero-order chi connectivity index (χ0) is 13.5. The van der Waals surface area contributed by atoms with E-state index in [-0.39, 0.29) is 25.2 Å². The number of aliphatic hydroxyl groups excluding tert-OH is 1. The third kappa shape index (κ3) is 4.24. The smallest absolute Gasteiger partial charge is 0.407 e. The van der Waals surface area contributed by atoms with Crippen LogP contribution in [0.25, 0.3) is 0 Å². The van der Waals surface area contributed by atoms with Gasteiger partial charge in [-0.25, -0.2) is 4.79 Å². The third-order valence-electron chi connectivity index (χ3n) is 3.66. The zero-order valence-corrected chi connectivity index (χ0v) is 11.0. The molecule has 0 saturated heterocycles. The van der Waals surface area contributed by atoms with Gasteiger partial charge in [-0.1, -0.05) is 43.2 Å². The number of benzene rings is 1. The number of hydrogen-bond acceptors (Lipinski definition) is 3. The summed E-state index contributed by atoms with van der Waals surface area (Å²) < 4.78 is 5.19. The van der Waals surface area contributed by atoms with Crippen molar-refractivity contribution < 1.29 is 14.6 Å². The SMILES string of the molecule is O=C(N[C@H]1CCCC[C@@H]1CO)OCc1ccccc1. The van der Waals surface area contributed by atoms with Gasteiger partial charge in [0.05, 0.1) is 0 Å². The van der Waals surface area contributed by atoms with Crippen LogP contribution in [0.2, 0.25) is 0 Å². The fourth-order valence-corrected chi connectivity index (χ4v) is 2.53. The minimum Gasteiger partial charge on any atom is -0.445 e. The maximum absolute atomic E-state index is 11.7. The Morgan fingerprint density at radius 2 is 2.00 bits per heavy atom. The molecule has 0 radical (unpaired) electrons. The maximum Gasteiger partial charge on any atom is 0.407 e. The van der Waals surface area contributed by atoms with Crippen LogP contribution in [0.5, 0.6) is 0 Å². The van der Waals surface area contributed by atoms with Gasteiger partial charge in [-0.3, -0.25) is 0 Å². The Kier molecular flexibility index (Phi) is 5.21. The van der Waals surface area contributed by atoms with Crippen LogP contribution in [0.15, 0.2) is 30.3 Å². The highest BCUT2D eigenvalue weighted by molar-refractivity contribution is 5.67. The number of carbonyl (C=O) groups excluding carboxylic acids is 1. The molecule has 0 aliphatic heterocycles. The molecular weight excluding hydrogens is 242 g/mol. The summed E-state index contributed by atoms with van der Waals surface area (Å²) in [6.45, 7) is 0.410. The van der Waals surface area contributed by atoms with Crippen molar-refractivity contribution in [2.75, 3.05) is 6.61 Å². The number of alkyl carbamates (subject to hydrolysis) is 1. The molecule has 0 spiro atoms. The third-order valence-corrected chi connectivity index (χ3v) is 3.66. The molecule has 2 N–H and O–H groups in total. The van der Waals surface area contributed by atoms with Gasteiger partial charge in [0.1, 0.15) is 6.61 Å². The molecule has 1 fully saturated rings. The zero-order valence-electron chi connectivity index (χ0n) is 11.0. The standard InChI is InChI=1S/C15H21NO3/c17-10-13-8-4-5-9-14(13)16-15(18)19-11-12-6-2-1-3-7-12/h1-3,6-7,13-14,17H,4-5,8-11H2,(H,16,18)/t13-,14+/m1/s1. The van der Waals surface area contributed by atoms with Crippen LogP contribution in [-0.4, -0.2) is 23.8 Å². The van der Waals surface area contributed by atoms with Crippen molar-refractivity contribution in [3.8, 4) is 0 Å². The molecule has 0 bridgehead atoms. The summed E-state index contributed by atoms with van der Waals surface area (Å²) in [4.78, 5) is 11.7. The highest BCUT2D eigenvalue weighted by Gasteiger charge is 2.26. The second kappa shape index (κ2) is 7.14. The second-order valence-corrected chi connectivity index (χ2v) is 5.04. The second-order valence-electron chi connectivity index (χ2n) is 5.04. The lowest BCUT2D eigenvalue weighted by molar-refractivity contribution is 0.113. The van der Waals surface area contributed by atoms with E-state index in [2.05, 4.69) is 5.32 Å². The Labute approximate surface area is 113 Å². The van der Waals surface area contributed by atoms with Gasteiger partial charge in [0.15, 0.2) is 0 Å². The number of nitrogens with one attached hydrogen (secondary N) is 1. The minimum atomic E-state index is -0.394. The summed E-state index contributed by atoms with van der Waals surface area (Å²) >= 11 is 0. The fourth-order valence-electron chi connectivity index (χ4n) is 2.53. The van der Waals surface area contributed by atoms with Gasteiger partial charge < -0.3 is 15.2 Å². The molecule has 2 atom stereocenters. The molecule has 0 aromatic heterocycles. The van der Waals surface area contributed by atoms with Crippen LogP contribution in [0, 0.1) is 5.92 Å². The molecule has 4 heteroatoms. The molecule has 1 amide bonds. The van der Waals surface area contributed by atoms with Gasteiger partial charge in [-0.15, -0.1) is 0 Å². The lowest BCUT2D eigenvalue weighted by Gasteiger charge is -2.30. The first-order chi connectivity index (χ1) is 9.29. The molecule has 1 aromatic rings. The summed E-state index contributed by atoms with van der Waals surface area (Å²) in [5, 5.41) is 12.2. The van der Waals surface area contributed by atoms with Crippen molar-refractivity contribution in [2.24, 2.45) is 5.92 Å². The predicted octanol–water partition coefficient (Wildman–Crippen LogP) is 2.46. The van der Waals surface area contributed by atoms with Crippen LogP contribution in [0.1, 0.15) is 31.2 Å². The summed E-state index contributed by atoms with van der Waals surface area (Å²) in [6.07, 6.45) is 3.73. The van der Waals surface area contributed by atoms with Gasteiger partial charge >= 0.3 is 6.09 Å². The Balaban J connectivity index is 1.77. The van der Waals surface area contributed by atoms with Crippen LogP contribution in [-0.2, 0) is 11.3 Å². The average Bonchev–Trinajstić information content (AvgIpc) is 2.47. The largest absolute Gasteiger partial charge is 0.445 e. The molecule has 1 aliphatic carbocycles. The van der Waals surface area contributed by atoms with Gasteiger partial charge in [-0.05, 0) is 18.4 Å². The fraction of sp³-hybridized carbons (Fsp3) is 0.533. The predicted molar refractivity (Wildman–Crippen MR) is 72.6 cm³/mol. The number of amides is 1. The van der Waals surface area contributed by atoms with E-state index in [0.29, 0.717) is 0 Å². The average molecular weight is 263 g/mol. The van der Waals surface area contributed by atoms with E-state index in [4.69, 9.17) is 4.74 Å². The Morgan fingerprint density at radius 1 is 1.26 bits per heavy atom. The quantitative estimate of drug-likeness (QED) is 0.877. The lowest BCUT2D eigenvalue weighted by atomic mass is 9.85. The van der Waals surface area contributed by atoms with E-state index >= 15 is 0 Å². The maximum atomic E-state index is 11.7. The minimum absolute atomic E-state index is 0.0435. The van der Waals surface area contributed by atoms with E-state index in [0.717, 1.165) is 31.2 Å². The summed E-state index contributed by atoms with van der Waals surface area (Å²) in [5.74, 6) is 0.165. The Bertz CT molecular complexity index is 394. The monoisotopic (exact) mass is 263 g/mol. The van der Waals surface area contributed by atoms with E-state index in [1.807, 2.05) is 30.3 Å². The highest BCUT2D eigenvalue weighted by Crippen LogP contribution is 2.24. The molecule has 0 heterocycles. The Hall–Kier alpha value is -1.55. The molecule has 104 valence electrons. The van der Waals surface area contributed by atoms with Crippen molar-refractivity contribution in [1.82, 2.24) is 5.32 Å². The summed E-state index contributed by atoms with van der Waals surface area (Å²) in [6, 6.07) is 9.65. The number of ether oxygens (including phenoxy) is 1. The number of hydrogen-bond donors (Lipinski definition) is 2. The van der Waals surface area contributed by atoms with Gasteiger partial charge in [-0.2, -0.15) is 0 Å². The highest BCUT2D eigenvalue weighted by atomic mass is 16.5. The van der Waals surface area contributed by atoms with Crippen molar-refractivity contribution in [3.63, 3.8) is 0 Å². The number of carbonyl (C=O) groups is 1. The van der Waals surface area contributed by atoms with Crippen LogP contribution in [0.4, 0.5) is 4.79 Å². The molecule has 1 aliphatic rings. The first-order valence-corrected chi connectivity index (χ1v) is 6.87. The first kappa shape index (κ1) is 13.9. The van der Waals surface area contributed by atoms with Crippen molar-refractivity contribution in [2.45, 2.75) is 38.3 Å². The summed E-state index contributed by atoms with van der Waals surface area (Å²) in [5.41, 5.74) is 0.972. The van der Waals surface area contributed by atoms with Gasteiger partial charge in [0.2, 0.25) is 0 Å². The van der Waals surface area contributed by atoms with E-state index in [1.165, 1.54) is 0 Å². The topological polar surface area (TPSA) is 58.6 Å². The molecular formula is C15H21NO3. The van der Waals surface area contributed by atoms with E-state index < -0.39 is 6.09 Å². The van der Waals surface area contributed by atoms with Crippen molar-refractivity contribution in [1.29, 1.82) is 0 Å². The van der Waals surface area contributed by atoms with Crippen molar-refractivity contribution >= 4 is 6.09 Å². The first-order valence-electron chi connectivity index (χ1n) is 6.87. The number of rotatable bonds is 4. The lowest BCUT2D eigenvalue weighted by Crippen LogP contribution is -2.43. The van der Waals surface area contributed by atoms with Crippen molar-refractivity contribution in [3.05, 3.63) is 35.9 Å². The molecule has 19 heavy (non-hydrogen) atoms. The number of aliphatic hydroxyl groups is 1. The molecule has 4 nitrogen and oxygen atoms in total. The molecule has 1 aromatic carbocycles. The molecule has 1 saturated carbocycles. The van der Waals surface area contributed by atoms with E-state index in [9.17, 15) is 9.90 Å².